The molecule has 0 aliphatic heterocycles. The molecule has 5 nitrogen and oxygen atoms in total. The molecule has 0 bridgehead atoms. The van der Waals surface area contributed by atoms with Crippen molar-refractivity contribution in [1.82, 2.24) is 5.32 Å². The van der Waals surface area contributed by atoms with Crippen LogP contribution >= 0.6 is 11.6 Å². The Kier molecular flexibility index (Phi) is 6.93. The summed E-state index contributed by atoms with van der Waals surface area (Å²) < 4.78 is 32.6. The fourth-order valence-corrected chi connectivity index (χ4v) is 4.21. The van der Waals surface area contributed by atoms with Crippen LogP contribution in [0.25, 0.3) is 11.1 Å². The third-order valence-electron chi connectivity index (χ3n) is 5.77. The van der Waals surface area contributed by atoms with Gasteiger partial charge in [-0.2, -0.15) is 0 Å². The average molecular weight is 474 g/mol. The first-order valence-corrected chi connectivity index (χ1v) is 10.8. The van der Waals surface area contributed by atoms with E-state index in [1.54, 1.807) is 0 Å². The summed E-state index contributed by atoms with van der Waals surface area (Å²) in [7, 11) is 0. The van der Waals surface area contributed by atoms with E-state index in [4.69, 9.17) is 16.3 Å². The SMILES string of the molecule is O=C(NCCC(O)C(O)c1cc(F)c(Cl)c(F)c1)OCC1c2ccccc2-c2ccccc21. The Balaban J connectivity index is 1.29. The molecule has 0 spiro atoms. The highest BCUT2D eigenvalue weighted by atomic mass is 35.5. The van der Waals surface area contributed by atoms with Crippen molar-refractivity contribution in [3.63, 3.8) is 0 Å². The zero-order valence-corrected chi connectivity index (χ0v) is 18.2. The third kappa shape index (κ3) is 4.85. The van der Waals surface area contributed by atoms with Crippen molar-refractivity contribution >= 4 is 17.7 Å². The molecule has 3 N–H and O–H groups in total. The Bertz CT molecular complexity index is 1100. The minimum Gasteiger partial charge on any atom is -0.449 e. The number of aliphatic hydroxyl groups is 2. The number of aliphatic hydroxyl groups excluding tert-OH is 2. The number of carbonyl (C=O) groups excluding carboxylic acids is 1. The molecule has 0 saturated carbocycles. The van der Waals surface area contributed by atoms with Gasteiger partial charge in [-0.1, -0.05) is 60.1 Å². The number of hydrogen-bond donors (Lipinski definition) is 3. The summed E-state index contributed by atoms with van der Waals surface area (Å²) in [5, 5.41) is 22.1. The van der Waals surface area contributed by atoms with Gasteiger partial charge in [0.2, 0.25) is 0 Å². The lowest BCUT2D eigenvalue weighted by molar-refractivity contribution is 0.0133. The molecule has 172 valence electrons. The third-order valence-corrected chi connectivity index (χ3v) is 6.13. The molecular formula is C25H22ClF2NO4. The minimum atomic E-state index is -1.55. The molecule has 2 unspecified atom stereocenters. The van der Waals surface area contributed by atoms with Crippen molar-refractivity contribution in [2.45, 2.75) is 24.5 Å². The minimum absolute atomic E-state index is 0.00649. The number of fused-ring (bicyclic) bond motifs is 3. The lowest BCUT2D eigenvalue weighted by atomic mass is 9.98. The van der Waals surface area contributed by atoms with Crippen LogP contribution in [-0.2, 0) is 4.74 Å². The normalized spacial score (nSPS) is 14.3. The van der Waals surface area contributed by atoms with Crippen LogP contribution in [0, 0.1) is 11.6 Å². The van der Waals surface area contributed by atoms with Gasteiger partial charge in [0.25, 0.3) is 0 Å². The van der Waals surface area contributed by atoms with Crippen LogP contribution in [-0.4, -0.2) is 35.6 Å². The number of halogens is 3. The fourth-order valence-electron chi connectivity index (χ4n) is 4.10. The molecule has 1 amide bonds. The van der Waals surface area contributed by atoms with Gasteiger partial charge in [-0.3, -0.25) is 0 Å². The molecule has 0 aromatic heterocycles. The van der Waals surface area contributed by atoms with E-state index in [1.807, 2.05) is 48.5 Å². The van der Waals surface area contributed by atoms with E-state index in [-0.39, 0.29) is 31.1 Å². The monoisotopic (exact) mass is 473 g/mol. The van der Waals surface area contributed by atoms with Gasteiger partial charge in [-0.15, -0.1) is 0 Å². The second kappa shape index (κ2) is 9.87. The molecule has 33 heavy (non-hydrogen) atoms. The number of ether oxygens (including phenoxy) is 1. The number of amides is 1. The number of carbonyl (C=O) groups is 1. The maximum Gasteiger partial charge on any atom is 0.407 e. The largest absolute Gasteiger partial charge is 0.449 e. The van der Waals surface area contributed by atoms with Gasteiger partial charge in [0.15, 0.2) is 0 Å². The summed E-state index contributed by atoms with van der Waals surface area (Å²) in [6.07, 6.45) is -3.63. The van der Waals surface area contributed by atoms with Gasteiger partial charge < -0.3 is 20.3 Å². The van der Waals surface area contributed by atoms with Gasteiger partial charge in [0.05, 0.1) is 6.10 Å². The van der Waals surface area contributed by atoms with Crippen LogP contribution in [0.4, 0.5) is 13.6 Å². The summed E-state index contributed by atoms with van der Waals surface area (Å²) in [5.41, 5.74) is 4.27. The number of hydrogen-bond acceptors (Lipinski definition) is 4. The lowest BCUT2D eigenvalue weighted by Gasteiger charge is -2.19. The van der Waals surface area contributed by atoms with Gasteiger partial charge in [-0.05, 0) is 46.4 Å². The second-order valence-electron chi connectivity index (χ2n) is 7.85. The summed E-state index contributed by atoms with van der Waals surface area (Å²) in [6.45, 7) is 0.141. The number of nitrogens with one attached hydrogen (secondary N) is 1. The van der Waals surface area contributed by atoms with E-state index in [0.29, 0.717) is 0 Å². The number of alkyl carbamates (subject to hydrolysis) is 1. The molecular weight excluding hydrogens is 452 g/mol. The smallest absolute Gasteiger partial charge is 0.407 e. The highest BCUT2D eigenvalue weighted by Crippen LogP contribution is 2.44. The van der Waals surface area contributed by atoms with Gasteiger partial charge in [0.1, 0.15) is 29.4 Å². The first kappa shape index (κ1) is 23.2. The maximum absolute atomic E-state index is 13.6. The Morgan fingerprint density at radius 2 is 1.55 bits per heavy atom. The molecule has 8 heteroatoms. The second-order valence-corrected chi connectivity index (χ2v) is 8.23. The topological polar surface area (TPSA) is 78.8 Å². The van der Waals surface area contributed by atoms with Gasteiger partial charge >= 0.3 is 6.09 Å². The van der Waals surface area contributed by atoms with Crippen LogP contribution < -0.4 is 5.32 Å². The predicted octanol–water partition coefficient (Wildman–Crippen LogP) is 4.94. The van der Waals surface area contributed by atoms with Crippen molar-refractivity contribution < 1.29 is 28.5 Å². The Morgan fingerprint density at radius 1 is 1.00 bits per heavy atom. The molecule has 0 fully saturated rings. The van der Waals surface area contributed by atoms with Crippen LogP contribution in [0.1, 0.15) is 35.1 Å². The lowest BCUT2D eigenvalue weighted by Crippen LogP contribution is -2.30. The average Bonchev–Trinajstić information content (AvgIpc) is 3.14. The fraction of sp³-hybridized carbons (Fsp3) is 0.240. The zero-order chi connectivity index (χ0) is 23.5. The molecule has 0 saturated heterocycles. The first-order chi connectivity index (χ1) is 15.9. The molecule has 1 aliphatic carbocycles. The standard InChI is InChI=1S/C25H22ClF2NO4/c26-23-20(27)11-14(12-21(23)28)24(31)22(30)9-10-29-25(32)33-13-19-17-7-3-1-5-15(17)16-6-2-4-8-18(16)19/h1-8,11-12,19,22,24,30-31H,9-10,13H2,(H,29,32). The summed E-state index contributed by atoms with van der Waals surface area (Å²) in [4.78, 5) is 12.2. The van der Waals surface area contributed by atoms with E-state index in [1.165, 1.54) is 0 Å². The molecule has 2 atom stereocenters. The summed E-state index contributed by atoms with van der Waals surface area (Å²) in [5.74, 6) is -2.14. The highest BCUT2D eigenvalue weighted by Gasteiger charge is 2.29. The number of benzene rings is 3. The van der Waals surface area contributed by atoms with E-state index in [9.17, 15) is 23.8 Å². The number of rotatable bonds is 7. The summed E-state index contributed by atoms with van der Waals surface area (Å²) >= 11 is 5.43. The van der Waals surface area contributed by atoms with Crippen LogP contribution in [0.3, 0.4) is 0 Å². The van der Waals surface area contributed by atoms with Crippen molar-refractivity contribution in [3.05, 3.63) is 94.0 Å². The van der Waals surface area contributed by atoms with E-state index in [0.717, 1.165) is 34.4 Å². The van der Waals surface area contributed by atoms with Gasteiger partial charge in [0, 0.05) is 12.5 Å². The Labute approximate surface area is 194 Å². The molecule has 1 aliphatic rings. The first-order valence-electron chi connectivity index (χ1n) is 10.5. The molecule has 3 aromatic carbocycles. The maximum atomic E-state index is 13.6. The van der Waals surface area contributed by atoms with Crippen molar-refractivity contribution in [2.24, 2.45) is 0 Å². The molecule has 3 aromatic rings. The highest BCUT2D eigenvalue weighted by molar-refractivity contribution is 6.30. The van der Waals surface area contributed by atoms with E-state index >= 15 is 0 Å². The van der Waals surface area contributed by atoms with E-state index < -0.39 is 35.0 Å². The van der Waals surface area contributed by atoms with Crippen molar-refractivity contribution in [1.29, 1.82) is 0 Å². The van der Waals surface area contributed by atoms with Crippen LogP contribution in [0.15, 0.2) is 60.7 Å². The van der Waals surface area contributed by atoms with E-state index in [2.05, 4.69) is 5.32 Å². The summed E-state index contributed by atoms with van der Waals surface area (Å²) in [6, 6.07) is 17.7. The predicted molar refractivity (Wildman–Crippen MR) is 120 cm³/mol. The van der Waals surface area contributed by atoms with Crippen LogP contribution in [0.2, 0.25) is 5.02 Å². The molecule has 4 rings (SSSR count). The zero-order valence-electron chi connectivity index (χ0n) is 17.5. The Hall–Kier alpha value is -3.00. The van der Waals surface area contributed by atoms with Crippen molar-refractivity contribution in [3.8, 4) is 11.1 Å². The quantitative estimate of drug-likeness (QED) is 0.425. The Morgan fingerprint density at radius 3 is 2.12 bits per heavy atom. The van der Waals surface area contributed by atoms with Crippen molar-refractivity contribution in [2.75, 3.05) is 13.2 Å². The molecule has 0 radical (unpaired) electrons. The molecule has 0 heterocycles. The van der Waals surface area contributed by atoms with Crippen LogP contribution in [0.5, 0.6) is 0 Å². The van der Waals surface area contributed by atoms with Gasteiger partial charge in [-0.25, -0.2) is 13.6 Å².